The van der Waals surface area contributed by atoms with Gasteiger partial charge in [-0.1, -0.05) is 24.9 Å². The topological polar surface area (TPSA) is 49.3 Å². The van der Waals surface area contributed by atoms with E-state index in [-0.39, 0.29) is 12.5 Å². The number of hydrogen-bond donors (Lipinski definition) is 2. The fraction of sp³-hybridized carbons (Fsp3) is 0.533. The Balaban J connectivity index is 2.70. The molecule has 0 bridgehead atoms. The molecule has 19 heavy (non-hydrogen) atoms. The second-order valence-electron chi connectivity index (χ2n) is 4.91. The minimum absolute atomic E-state index is 0.149. The number of rotatable bonds is 6. The van der Waals surface area contributed by atoms with Crippen molar-refractivity contribution in [2.75, 3.05) is 13.2 Å². The first-order chi connectivity index (χ1) is 8.99. The van der Waals surface area contributed by atoms with Gasteiger partial charge in [0, 0.05) is 13.2 Å². The number of aliphatic hydroxyl groups excluding tert-OH is 1. The van der Waals surface area contributed by atoms with Gasteiger partial charge in [-0.2, -0.15) is 0 Å². The summed E-state index contributed by atoms with van der Waals surface area (Å²) in [4.78, 5) is 12.1. The molecule has 1 atom stereocenters. The third kappa shape index (κ3) is 4.51. The van der Waals surface area contributed by atoms with Crippen molar-refractivity contribution in [2.45, 2.75) is 33.6 Å². The van der Waals surface area contributed by atoms with Gasteiger partial charge in [0.1, 0.15) is 0 Å². The van der Waals surface area contributed by atoms with E-state index in [1.165, 1.54) is 0 Å². The second kappa shape index (κ2) is 7.51. The normalized spacial score (nSPS) is 12.3. The van der Waals surface area contributed by atoms with Crippen molar-refractivity contribution < 1.29 is 9.90 Å². The van der Waals surface area contributed by atoms with Crippen LogP contribution in [-0.4, -0.2) is 24.2 Å². The molecule has 0 saturated heterocycles. The summed E-state index contributed by atoms with van der Waals surface area (Å²) in [6, 6.07) is 3.64. The average molecular weight is 284 g/mol. The van der Waals surface area contributed by atoms with Crippen LogP contribution in [0.1, 0.15) is 41.3 Å². The van der Waals surface area contributed by atoms with Gasteiger partial charge in [-0.05, 0) is 49.4 Å². The van der Waals surface area contributed by atoms with E-state index in [0.29, 0.717) is 29.5 Å². The molecule has 0 radical (unpaired) electrons. The van der Waals surface area contributed by atoms with Crippen LogP contribution in [0, 0.1) is 19.8 Å². The predicted octanol–water partition coefficient (Wildman–Crippen LogP) is 3.10. The molecule has 1 aromatic carbocycles. The molecule has 0 heterocycles. The number of benzene rings is 1. The maximum absolute atomic E-state index is 12.1. The van der Waals surface area contributed by atoms with Gasteiger partial charge >= 0.3 is 0 Å². The summed E-state index contributed by atoms with van der Waals surface area (Å²) in [6.07, 6.45) is 1.64. The van der Waals surface area contributed by atoms with Crippen LogP contribution < -0.4 is 5.32 Å². The lowest BCUT2D eigenvalue weighted by Crippen LogP contribution is -2.29. The molecule has 0 aromatic heterocycles. The first-order valence-corrected chi connectivity index (χ1v) is 7.03. The highest BCUT2D eigenvalue weighted by Crippen LogP contribution is 2.21. The van der Waals surface area contributed by atoms with Gasteiger partial charge in [0.25, 0.3) is 5.91 Å². The molecule has 106 valence electrons. The highest BCUT2D eigenvalue weighted by atomic mass is 35.5. The second-order valence-corrected chi connectivity index (χ2v) is 5.32. The molecule has 2 N–H and O–H groups in total. The molecule has 0 spiro atoms. The molecule has 1 aromatic rings. The van der Waals surface area contributed by atoms with Crippen LogP contribution >= 0.6 is 11.6 Å². The molecule has 0 aliphatic heterocycles. The summed E-state index contributed by atoms with van der Waals surface area (Å²) in [5.74, 6) is 0.156. The van der Waals surface area contributed by atoms with E-state index in [1.807, 2.05) is 26.0 Å². The standard InChI is InChI=1S/C15H22ClNO2/c1-4-12(5-6-18)9-17-15(19)13-7-10(2)11(3)8-14(13)16/h7-8,12,18H,4-6,9H2,1-3H3,(H,17,19). The Morgan fingerprint density at radius 3 is 2.58 bits per heavy atom. The molecule has 1 unspecified atom stereocenters. The van der Waals surface area contributed by atoms with E-state index in [1.54, 1.807) is 0 Å². The van der Waals surface area contributed by atoms with Gasteiger partial charge in [0.15, 0.2) is 0 Å². The SMILES string of the molecule is CCC(CCO)CNC(=O)c1cc(C)c(C)cc1Cl. The molecule has 3 nitrogen and oxygen atoms in total. The van der Waals surface area contributed by atoms with Crippen molar-refractivity contribution in [2.24, 2.45) is 5.92 Å². The molecule has 0 fully saturated rings. The summed E-state index contributed by atoms with van der Waals surface area (Å²) >= 11 is 6.11. The summed E-state index contributed by atoms with van der Waals surface area (Å²) < 4.78 is 0. The average Bonchev–Trinajstić information content (AvgIpc) is 2.38. The van der Waals surface area contributed by atoms with Crippen molar-refractivity contribution in [3.63, 3.8) is 0 Å². The first kappa shape index (κ1) is 16.0. The molecule has 4 heteroatoms. The van der Waals surface area contributed by atoms with E-state index < -0.39 is 0 Å². The van der Waals surface area contributed by atoms with E-state index >= 15 is 0 Å². The van der Waals surface area contributed by atoms with Crippen molar-refractivity contribution in [1.29, 1.82) is 0 Å². The molecule has 1 rings (SSSR count). The Kier molecular flexibility index (Phi) is 6.32. The quantitative estimate of drug-likeness (QED) is 0.843. The highest BCUT2D eigenvalue weighted by molar-refractivity contribution is 6.33. The van der Waals surface area contributed by atoms with Gasteiger partial charge in [0.05, 0.1) is 10.6 Å². The van der Waals surface area contributed by atoms with Crippen molar-refractivity contribution in [1.82, 2.24) is 5.32 Å². The number of carbonyl (C=O) groups excluding carboxylic acids is 1. The zero-order valence-electron chi connectivity index (χ0n) is 11.8. The number of hydrogen-bond acceptors (Lipinski definition) is 2. The minimum atomic E-state index is -0.149. The van der Waals surface area contributed by atoms with Crippen LogP contribution in [0.15, 0.2) is 12.1 Å². The maximum atomic E-state index is 12.1. The van der Waals surface area contributed by atoms with Gasteiger partial charge in [0.2, 0.25) is 0 Å². The lowest BCUT2D eigenvalue weighted by Gasteiger charge is -2.15. The molecular weight excluding hydrogens is 262 g/mol. The monoisotopic (exact) mass is 283 g/mol. The molecular formula is C15H22ClNO2. The Morgan fingerprint density at radius 1 is 1.37 bits per heavy atom. The van der Waals surface area contributed by atoms with E-state index in [4.69, 9.17) is 16.7 Å². The third-order valence-corrected chi connectivity index (χ3v) is 3.81. The lowest BCUT2D eigenvalue weighted by molar-refractivity contribution is 0.0943. The molecule has 1 amide bonds. The van der Waals surface area contributed by atoms with Crippen LogP contribution in [-0.2, 0) is 0 Å². The number of halogens is 1. The summed E-state index contributed by atoms with van der Waals surface area (Å²) in [5.41, 5.74) is 2.65. The number of nitrogens with one attached hydrogen (secondary N) is 1. The van der Waals surface area contributed by atoms with Crippen molar-refractivity contribution >= 4 is 17.5 Å². The van der Waals surface area contributed by atoms with E-state index in [0.717, 1.165) is 17.5 Å². The Hall–Kier alpha value is -1.06. The zero-order chi connectivity index (χ0) is 14.4. The van der Waals surface area contributed by atoms with Crippen molar-refractivity contribution in [3.8, 4) is 0 Å². The van der Waals surface area contributed by atoms with Crippen LogP contribution in [0.5, 0.6) is 0 Å². The third-order valence-electron chi connectivity index (χ3n) is 3.49. The fourth-order valence-electron chi connectivity index (χ4n) is 1.92. The van der Waals surface area contributed by atoms with E-state index in [2.05, 4.69) is 12.2 Å². The van der Waals surface area contributed by atoms with Crippen LogP contribution in [0.3, 0.4) is 0 Å². The van der Waals surface area contributed by atoms with Gasteiger partial charge in [-0.3, -0.25) is 4.79 Å². The largest absolute Gasteiger partial charge is 0.396 e. The van der Waals surface area contributed by atoms with Crippen molar-refractivity contribution in [3.05, 3.63) is 33.8 Å². The van der Waals surface area contributed by atoms with Crippen LogP contribution in [0.25, 0.3) is 0 Å². The predicted molar refractivity (Wildman–Crippen MR) is 78.7 cm³/mol. The van der Waals surface area contributed by atoms with E-state index in [9.17, 15) is 4.79 Å². The maximum Gasteiger partial charge on any atom is 0.252 e. The summed E-state index contributed by atoms with van der Waals surface area (Å²) in [6.45, 7) is 6.70. The Morgan fingerprint density at radius 2 is 2.00 bits per heavy atom. The zero-order valence-corrected chi connectivity index (χ0v) is 12.5. The number of aryl methyl sites for hydroxylation is 2. The molecule has 0 aliphatic rings. The van der Waals surface area contributed by atoms with Gasteiger partial charge in [-0.25, -0.2) is 0 Å². The Labute approximate surface area is 120 Å². The van der Waals surface area contributed by atoms with Gasteiger partial charge < -0.3 is 10.4 Å². The van der Waals surface area contributed by atoms with Gasteiger partial charge in [-0.15, -0.1) is 0 Å². The van der Waals surface area contributed by atoms with Crippen LogP contribution in [0.4, 0.5) is 0 Å². The lowest BCUT2D eigenvalue weighted by atomic mass is 10.0. The molecule has 0 saturated carbocycles. The molecule has 0 aliphatic carbocycles. The number of amides is 1. The number of aliphatic hydroxyl groups is 1. The number of carbonyl (C=O) groups is 1. The van der Waals surface area contributed by atoms with Crippen LogP contribution in [0.2, 0.25) is 5.02 Å². The Bertz CT molecular complexity index is 446. The first-order valence-electron chi connectivity index (χ1n) is 6.65. The summed E-state index contributed by atoms with van der Waals surface area (Å²) in [7, 11) is 0. The highest BCUT2D eigenvalue weighted by Gasteiger charge is 2.13. The summed E-state index contributed by atoms with van der Waals surface area (Å²) in [5, 5.41) is 12.3. The smallest absolute Gasteiger partial charge is 0.252 e. The fourth-order valence-corrected chi connectivity index (χ4v) is 2.22. The minimum Gasteiger partial charge on any atom is -0.396 e.